The van der Waals surface area contributed by atoms with E-state index in [1.165, 1.54) is 23.5 Å². The van der Waals surface area contributed by atoms with Crippen LogP contribution in [0.5, 0.6) is 5.75 Å². The van der Waals surface area contributed by atoms with E-state index in [2.05, 4.69) is 32.1 Å². The van der Waals surface area contributed by atoms with Crippen molar-refractivity contribution in [2.45, 2.75) is 10.1 Å². The van der Waals surface area contributed by atoms with Gasteiger partial charge in [-0.1, -0.05) is 41.3 Å². The summed E-state index contributed by atoms with van der Waals surface area (Å²) in [5.74, 6) is 1.26. The van der Waals surface area contributed by atoms with E-state index in [1.54, 1.807) is 24.5 Å². The molecular formula is C20H21FN4OS2. The van der Waals surface area contributed by atoms with Crippen LogP contribution in [-0.4, -0.2) is 43.5 Å². The summed E-state index contributed by atoms with van der Waals surface area (Å²) in [6.45, 7) is 3.67. The number of methoxy groups -OCH3 is 1. The molecule has 0 radical (unpaired) electrons. The molecule has 1 aromatic heterocycles. The van der Waals surface area contributed by atoms with Gasteiger partial charge < -0.3 is 14.5 Å². The van der Waals surface area contributed by atoms with Gasteiger partial charge in [0.2, 0.25) is 5.13 Å². The second-order valence-corrected chi connectivity index (χ2v) is 8.58. The summed E-state index contributed by atoms with van der Waals surface area (Å²) >= 11 is 3.11. The molecule has 1 saturated heterocycles. The van der Waals surface area contributed by atoms with Crippen molar-refractivity contribution in [2.24, 2.45) is 0 Å². The predicted molar refractivity (Wildman–Crippen MR) is 113 cm³/mol. The molecule has 4 rings (SSSR count). The molecule has 2 aromatic carbocycles. The van der Waals surface area contributed by atoms with E-state index in [1.807, 2.05) is 24.3 Å². The van der Waals surface area contributed by atoms with Gasteiger partial charge in [-0.2, -0.15) is 0 Å². The third kappa shape index (κ3) is 4.39. The second kappa shape index (κ2) is 8.79. The monoisotopic (exact) mass is 416 g/mol. The lowest BCUT2D eigenvalue weighted by Gasteiger charge is -2.35. The van der Waals surface area contributed by atoms with Crippen LogP contribution in [0.3, 0.4) is 0 Å². The van der Waals surface area contributed by atoms with Gasteiger partial charge in [-0.3, -0.25) is 0 Å². The third-order valence-corrected chi connectivity index (χ3v) is 6.86. The highest BCUT2D eigenvalue weighted by Gasteiger charge is 2.20. The van der Waals surface area contributed by atoms with Crippen LogP contribution in [0, 0.1) is 5.82 Å². The number of rotatable bonds is 6. The van der Waals surface area contributed by atoms with Gasteiger partial charge in [0, 0.05) is 37.6 Å². The molecule has 0 N–H and O–H groups in total. The maximum absolute atomic E-state index is 13.7. The molecule has 146 valence electrons. The highest BCUT2D eigenvalue weighted by molar-refractivity contribution is 8.00. The standard InChI is InChI=1S/C20H21FN4OS2/c1-26-17-8-6-16(7-9-17)24-10-12-25(13-11-24)19-22-23-20(28-19)27-14-15-4-2-3-5-18(15)21/h2-9H,10-14H2,1H3. The van der Waals surface area contributed by atoms with E-state index in [-0.39, 0.29) is 5.82 Å². The first-order valence-corrected chi connectivity index (χ1v) is 10.9. The number of thioether (sulfide) groups is 1. The van der Waals surface area contributed by atoms with Crippen molar-refractivity contribution in [3.63, 3.8) is 0 Å². The van der Waals surface area contributed by atoms with Crippen molar-refractivity contribution >= 4 is 33.9 Å². The van der Waals surface area contributed by atoms with E-state index >= 15 is 0 Å². The van der Waals surface area contributed by atoms with Crippen molar-refractivity contribution in [3.05, 3.63) is 59.9 Å². The first kappa shape index (κ1) is 19.0. The molecule has 8 heteroatoms. The maximum atomic E-state index is 13.7. The van der Waals surface area contributed by atoms with Crippen molar-refractivity contribution in [1.29, 1.82) is 0 Å². The Kier molecular flexibility index (Phi) is 5.97. The van der Waals surface area contributed by atoms with Gasteiger partial charge in [0.15, 0.2) is 4.34 Å². The SMILES string of the molecule is COc1ccc(N2CCN(c3nnc(SCc4ccccc4F)s3)CC2)cc1. The van der Waals surface area contributed by atoms with E-state index < -0.39 is 0 Å². The summed E-state index contributed by atoms with van der Waals surface area (Å²) in [6.07, 6.45) is 0. The summed E-state index contributed by atoms with van der Waals surface area (Å²) in [5, 5.41) is 9.55. The molecule has 5 nitrogen and oxygen atoms in total. The molecular weight excluding hydrogens is 395 g/mol. The molecule has 0 bridgehead atoms. The van der Waals surface area contributed by atoms with E-state index in [0.29, 0.717) is 11.3 Å². The third-order valence-electron chi connectivity index (χ3n) is 4.69. The zero-order valence-corrected chi connectivity index (χ0v) is 17.2. The van der Waals surface area contributed by atoms with E-state index in [9.17, 15) is 4.39 Å². The number of halogens is 1. The van der Waals surface area contributed by atoms with Gasteiger partial charge in [0.05, 0.1) is 7.11 Å². The van der Waals surface area contributed by atoms with Gasteiger partial charge in [-0.25, -0.2) is 4.39 Å². The van der Waals surface area contributed by atoms with Gasteiger partial charge in [-0.05, 0) is 35.9 Å². The Labute approximate surface area is 172 Å². The second-order valence-electron chi connectivity index (χ2n) is 6.40. The van der Waals surface area contributed by atoms with Crippen LogP contribution < -0.4 is 14.5 Å². The average Bonchev–Trinajstić information content (AvgIpc) is 3.22. The number of piperazine rings is 1. The summed E-state index contributed by atoms with van der Waals surface area (Å²) in [5.41, 5.74) is 1.90. The van der Waals surface area contributed by atoms with Crippen LogP contribution in [0.25, 0.3) is 0 Å². The smallest absolute Gasteiger partial charge is 0.209 e. The van der Waals surface area contributed by atoms with Crippen LogP contribution in [-0.2, 0) is 5.75 Å². The first-order valence-electron chi connectivity index (χ1n) is 9.06. The van der Waals surface area contributed by atoms with Gasteiger partial charge in [0.1, 0.15) is 11.6 Å². The Balaban J connectivity index is 1.32. The fourth-order valence-corrected chi connectivity index (χ4v) is 4.97. The van der Waals surface area contributed by atoms with Gasteiger partial charge in [-0.15, -0.1) is 10.2 Å². The molecule has 0 atom stereocenters. The number of hydrogen-bond acceptors (Lipinski definition) is 7. The van der Waals surface area contributed by atoms with Crippen LogP contribution in [0.4, 0.5) is 15.2 Å². The quantitative estimate of drug-likeness (QED) is 0.558. The maximum Gasteiger partial charge on any atom is 0.209 e. The van der Waals surface area contributed by atoms with Crippen molar-refractivity contribution in [3.8, 4) is 5.75 Å². The highest BCUT2D eigenvalue weighted by atomic mass is 32.2. The van der Waals surface area contributed by atoms with Crippen LogP contribution in [0.1, 0.15) is 5.56 Å². The fourth-order valence-electron chi connectivity index (χ4n) is 3.09. The molecule has 1 aliphatic rings. The molecule has 1 aliphatic heterocycles. The minimum absolute atomic E-state index is 0.172. The van der Waals surface area contributed by atoms with Crippen LogP contribution in [0.2, 0.25) is 0 Å². The number of anilines is 2. The normalized spacial score (nSPS) is 14.4. The van der Waals surface area contributed by atoms with Crippen LogP contribution >= 0.6 is 23.1 Å². The minimum Gasteiger partial charge on any atom is -0.497 e. The number of aromatic nitrogens is 2. The van der Waals surface area contributed by atoms with Crippen LogP contribution in [0.15, 0.2) is 52.9 Å². The fraction of sp³-hybridized carbons (Fsp3) is 0.300. The molecule has 0 spiro atoms. The molecule has 0 aliphatic carbocycles. The predicted octanol–water partition coefficient (Wildman–Crippen LogP) is 4.30. The number of ether oxygens (including phenoxy) is 1. The lowest BCUT2D eigenvalue weighted by molar-refractivity contribution is 0.415. The van der Waals surface area contributed by atoms with Crippen molar-refractivity contribution in [1.82, 2.24) is 10.2 Å². The molecule has 1 fully saturated rings. The Morgan fingerprint density at radius 3 is 2.43 bits per heavy atom. The Bertz CT molecular complexity index is 911. The zero-order valence-electron chi connectivity index (χ0n) is 15.5. The van der Waals surface area contributed by atoms with Crippen molar-refractivity contribution in [2.75, 3.05) is 43.1 Å². The Morgan fingerprint density at radius 1 is 1.00 bits per heavy atom. The largest absolute Gasteiger partial charge is 0.497 e. The summed E-state index contributed by atoms with van der Waals surface area (Å²) in [4.78, 5) is 4.63. The van der Waals surface area contributed by atoms with E-state index in [4.69, 9.17) is 4.74 Å². The Morgan fingerprint density at radius 2 is 1.71 bits per heavy atom. The summed E-state index contributed by atoms with van der Waals surface area (Å²) in [7, 11) is 1.68. The molecule has 28 heavy (non-hydrogen) atoms. The highest BCUT2D eigenvalue weighted by Crippen LogP contribution is 2.31. The van der Waals surface area contributed by atoms with E-state index in [0.717, 1.165) is 41.4 Å². The minimum atomic E-state index is -0.172. The first-order chi connectivity index (χ1) is 13.7. The zero-order chi connectivity index (χ0) is 19.3. The summed E-state index contributed by atoms with van der Waals surface area (Å²) in [6, 6.07) is 15.0. The number of hydrogen-bond donors (Lipinski definition) is 0. The number of benzene rings is 2. The van der Waals surface area contributed by atoms with Gasteiger partial charge in [0.25, 0.3) is 0 Å². The number of nitrogens with zero attached hydrogens (tertiary/aromatic N) is 4. The lowest BCUT2D eigenvalue weighted by atomic mass is 10.2. The molecule has 2 heterocycles. The molecule has 3 aromatic rings. The summed E-state index contributed by atoms with van der Waals surface area (Å²) < 4.78 is 19.8. The molecule has 0 amide bonds. The van der Waals surface area contributed by atoms with Gasteiger partial charge >= 0.3 is 0 Å². The molecule has 0 saturated carbocycles. The topological polar surface area (TPSA) is 41.5 Å². The van der Waals surface area contributed by atoms with Crippen molar-refractivity contribution < 1.29 is 9.13 Å². The lowest BCUT2D eigenvalue weighted by Crippen LogP contribution is -2.46. The Hall–Kier alpha value is -2.32. The molecule has 0 unspecified atom stereocenters. The average molecular weight is 417 g/mol.